The summed E-state index contributed by atoms with van der Waals surface area (Å²) < 4.78 is 0. The number of hydrogen-bond donors (Lipinski definition) is 1. The third-order valence-electron chi connectivity index (χ3n) is 3.10. The van der Waals surface area contributed by atoms with E-state index in [1.165, 1.54) is 0 Å². The standard InChI is InChI=1S/C12H26N4O/c1-11(10-14(2)3)13-9-12(17)16-7-5-15(4)6-8-16/h11,13H,5-10H2,1-4H3. The summed E-state index contributed by atoms with van der Waals surface area (Å²) >= 11 is 0. The fourth-order valence-electron chi connectivity index (χ4n) is 2.04. The van der Waals surface area contributed by atoms with E-state index in [1.807, 2.05) is 19.0 Å². The van der Waals surface area contributed by atoms with Crippen LogP contribution in [-0.2, 0) is 4.79 Å². The largest absolute Gasteiger partial charge is 0.339 e. The van der Waals surface area contributed by atoms with Crippen molar-refractivity contribution in [2.45, 2.75) is 13.0 Å². The quantitative estimate of drug-likeness (QED) is 0.692. The van der Waals surface area contributed by atoms with Crippen molar-refractivity contribution < 1.29 is 4.79 Å². The van der Waals surface area contributed by atoms with Crippen molar-refractivity contribution in [3.63, 3.8) is 0 Å². The average Bonchev–Trinajstić information content (AvgIpc) is 2.26. The van der Waals surface area contributed by atoms with E-state index < -0.39 is 0 Å². The number of piperazine rings is 1. The molecule has 17 heavy (non-hydrogen) atoms. The lowest BCUT2D eigenvalue weighted by atomic mass is 10.3. The molecule has 0 aromatic rings. The van der Waals surface area contributed by atoms with Crippen LogP contribution in [0.3, 0.4) is 0 Å². The summed E-state index contributed by atoms with van der Waals surface area (Å²) in [6.45, 7) is 7.21. The number of rotatable bonds is 5. The molecule has 1 heterocycles. The van der Waals surface area contributed by atoms with Crippen LogP contribution in [0.25, 0.3) is 0 Å². The van der Waals surface area contributed by atoms with E-state index in [1.54, 1.807) is 0 Å². The van der Waals surface area contributed by atoms with Crippen molar-refractivity contribution in [2.24, 2.45) is 0 Å². The number of amides is 1. The lowest BCUT2D eigenvalue weighted by molar-refractivity contribution is -0.131. The third-order valence-corrected chi connectivity index (χ3v) is 3.10. The molecule has 0 bridgehead atoms. The Labute approximate surface area is 105 Å². The second-order valence-corrected chi connectivity index (χ2v) is 5.23. The maximum absolute atomic E-state index is 11.9. The topological polar surface area (TPSA) is 38.8 Å². The van der Waals surface area contributed by atoms with E-state index in [-0.39, 0.29) is 5.91 Å². The Morgan fingerprint density at radius 2 is 1.88 bits per heavy atom. The van der Waals surface area contributed by atoms with Crippen LogP contribution in [-0.4, -0.2) is 87.1 Å². The molecule has 0 aromatic carbocycles. The highest BCUT2D eigenvalue weighted by molar-refractivity contribution is 5.78. The molecule has 1 aliphatic heterocycles. The van der Waals surface area contributed by atoms with Gasteiger partial charge < -0.3 is 20.0 Å². The summed E-state index contributed by atoms with van der Waals surface area (Å²) in [6.07, 6.45) is 0. The van der Waals surface area contributed by atoms with Gasteiger partial charge in [-0.1, -0.05) is 0 Å². The van der Waals surface area contributed by atoms with Crippen molar-refractivity contribution in [2.75, 3.05) is 60.4 Å². The van der Waals surface area contributed by atoms with Gasteiger partial charge in [0.2, 0.25) is 5.91 Å². The Kier molecular flexibility index (Phi) is 5.88. The Morgan fingerprint density at radius 3 is 2.41 bits per heavy atom. The number of carbonyl (C=O) groups excluding carboxylic acids is 1. The minimum atomic E-state index is 0.226. The molecule has 100 valence electrons. The summed E-state index contributed by atoms with van der Waals surface area (Å²) in [7, 11) is 6.18. The summed E-state index contributed by atoms with van der Waals surface area (Å²) in [5.41, 5.74) is 0. The van der Waals surface area contributed by atoms with Crippen LogP contribution in [0.2, 0.25) is 0 Å². The zero-order valence-corrected chi connectivity index (χ0v) is 11.6. The van der Waals surface area contributed by atoms with Gasteiger partial charge in [0.1, 0.15) is 0 Å². The van der Waals surface area contributed by atoms with E-state index in [9.17, 15) is 4.79 Å². The maximum atomic E-state index is 11.9. The fourth-order valence-corrected chi connectivity index (χ4v) is 2.04. The molecule has 1 N–H and O–H groups in total. The molecule has 5 nitrogen and oxygen atoms in total. The normalized spacial score (nSPS) is 19.7. The van der Waals surface area contributed by atoms with Gasteiger partial charge in [-0.15, -0.1) is 0 Å². The molecular weight excluding hydrogens is 216 g/mol. The first-order valence-electron chi connectivity index (χ1n) is 6.33. The van der Waals surface area contributed by atoms with Gasteiger partial charge in [0.05, 0.1) is 6.54 Å². The summed E-state index contributed by atoms with van der Waals surface area (Å²) in [5, 5.41) is 3.28. The van der Waals surface area contributed by atoms with Gasteiger partial charge >= 0.3 is 0 Å². The van der Waals surface area contributed by atoms with Crippen LogP contribution in [0, 0.1) is 0 Å². The summed E-state index contributed by atoms with van der Waals surface area (Å²) in [6, 6.07) is 0.349. The molecule has 1 saturated heterocycles. The van der Waals surface area contributed by atoms with E-state index in [4.69, 9.17) is 0 Å². The zero-order valence-electron chi connectivity index (χ0n) is 11.6. The fraction of sp³-hybridized carbons (Fsp3) is 0.917. The number of carbonyl (C=O) groups is 1. The van der Waals surface area contributed by atoms with E-state index in [0.717, 1.165) is 32.7 Å². The molecule has 0 saturated carbocycles. The van der Waals surface area contributed by atoms with E-state index in [2.05, 4.69) is 29.1 Å². The van der Waals surface area contributed by atoms with Gasteiger partial charge in [-0.3, -0.25) is 4.79 Å². The third kappa shape index (κ3) is 5.48. The van der Waals surface area contributed by atoms with Crippen molar-refractivity contribution >= 4 is 5.91 Å². The molecule has 1 rings (SSSR count). The van der Waals surface area contributed by atoms with E-state index >= 15 is 0 Å². The first-order chi connectivity index (χ1) is 7.99. The van der Waals surface area contributed by atoms with Crippen LogP contribution in [0.15, 0.2) is 0 Å². The Morgan fingerprint density at radius 1 is 1.29 bits per heavy atom. The molecule has 0 radical (unpaired) electrons. The van der Waals surface area contributed by atoms with Gasteiger partial charge in [-0.2, -0.15) is 0 Å². The molecule has 0 spiro atoms. The molecule has 1 unspecified atom stereocenters. The SMILES string of the molecule is CC(CN(C)C)NCC(=O)N1CCN(C)CC1. The van der Waals surface area contributed by atoms with Crippen molar-refractivity contribution in [1.82, 2.24) is 20.0 Å². The molecule has 0 aliphatic carbocycles. The lowest BCUT2D eigenvalue weighted by Gasteiger charge is -2.32. The molecule has 0 aromatic heterocycles. The highest BCUT2D eigenvalue weighted by atomic mass is 16.2. The van der Waals surface area contributed by atoms with Crippen LogP contribution < -0.4 is 5.32 Å². The second kappa shape index (κ2) is 6.93. The number of nitrogens with one attached hydrogen (secondary N) is 1. The summed E-state index contributed by atoms with van der Waals surface area (Å²) in [5.74, 6) is 0.226. The molecule has 1 fully saturated rings. The number of likely N-dealkylation sites (N-methyl/N-ethyl adjacent to an activating group) is 2. The number of nitrogens with zero attached hydrogens (tertiary/aromatic N) is 3. The molecule has 1 aliphatic rings. The van der Waals surface area contributed by atoms with Crippen LogP contribution in [0.5, 0.6) is 0 Å². The highest BCUT2D eigenvalue weighted by Gasteiger charge is 2.18. The van der Waals surface area contributed by atoms with Crippen LogP contribution in [0.1, 0.15) is 6.92 Å². The van der Waals surface area contributed by atoms with Crippen LogP contribution in [0.4, 0.5) is 0 Å². The Balaban J connectivity index is 2.20. The van der Waals surface area contributed by atoms with E-state index in [0.29, 0.717) is 12.6 Å². The van der Waals surface area contributed by atoms with Crippen molar-refractivity contribution in [1.29, 1.82) is 0 Å². The molecule has 1 atom stereocenters. The van der Waals surface area contributed by atoms with Crippen molar-refractivity contribution in [3.05, 3.63) is 0 Å². The Hall–Kier alpha value is -0.650. The molecule has 5 heteroatoms. The lowest BCUT2D eigenvalue weighted by Crippen LogP contribution is -2.50. The smallest absolute Gasteiger partial charge is 0.236 e. The van der Waals surface area contributed by atoms with Gasteiger partial charge in [0.25, 0.3) is 0 Å². The second-order valence-electron chi connectivity index (χ2n) is 5.23. The Bertz CT molecular complexity index is 237. The van der Waals surface area contributed by atoms with Crippen LogP contribution >= 0.6 is 0 Å². The van der Waals surface area contributed by atoms with Gasteiger partial charge in [0.15, 0.2) is 0 Å². The molecule has 1 amide bonds. The maximum Gasteiger partial charge on any atom is 0.236 e. The van der Waals surface area contributed by atoms with Gasteiger partial charge in [0, 0.05) is 38.8 Å². The minimum absolute atomic E-state index is 0.226. The molecular formula is C12H26N4O. The minimum Gasteiger partial charge on any atom is -0.339 e. The first kappa shape index (κ1) is 14.4. The predicted octanol–water partition coefficient (Wildman–Crippen LogP) is -0.700. The zero-order chi connectivity index (χ0) is 12.8. The van der Waals surface area contributed by atoms with Gasteiger partial charge in [-0.25, -0.2) is 0 Å². The van der Waals surface area contributed by atoms with Gasteiger partial charge in [-0.05, 0) is 28.1 Å². The predicted molar refractivity (Wildman–Crippen MR) is 70.1 cm³/mol. The first-order valence-corrected chi connectivity index (χ1v) is 6.33. The van der Waals surface area contributed by atoms with Crippen molar-refractivity contribution in [3.8, 4) is 0 Å². The highest BCUT2D eigenvalue weighted by Crippen LogP contribution is 1.99. The number of hydrogen-bond acceptors (Lipinski definition) is 4. The monoisotopic (exact) mass is 242 g/mol. The average molecular weight is 242 g/mol. The summed E-state index contributed by atoms with van der Waals surface area (Å²) in [4.78, 5) is 18.3.